The number of hydrogen-bond acceptors (Lipinski definition) is 3. The molecule has 1 heterocycles. The Morgan fingerprint density at radius 1 is 1.08 bits per heavy atom. The first-order chi connectivity index (χ1) is 12.0. The minimum atomic E-state index is 0.0911. The molecular weight excluding hydrogens is 332 g/mol. The topological polar surface area (TPSA) is 23.6 Å². The number of halogens is 1. The summed E-state index contributed by atoms with van der Waals surface area (Å²) in [7, 11) is 0. The van der Waals surface area contributed by atoms with Gasteiger partial charge in [-0.1, -0.05) is 41.9 Å². The minimum absolute atomic E-state index is 0.0911. The molecule has 1 aliphatic heterocycles. The number of benzene rings is 2. The van der Waals surface area contributed by atoms with E-state index in [1.165, 1.54) is 5.69 Å². The molecule has 0 spiro atoms. The number of hydrogen-bond donors (Lipinski definition) is 0. The molecule has 1 aliphatic rings. The van der Waals surface area contributed by atoms with Gasteiger partial charge >= 0.3 is 0 Å². The van der Waals surface area contributed by atoms with Crippen molar-refractivity contribution in [1.29, 1.82) is 0 Å². The van der Waals surface area contributed by atoms with Gasteiger partial charge in [0.1, 0.15) is 0 Å². The van der Waals surface area contributed by atoms with Gasteiger partial charge in [0.15, 0.2) is 5.78 Å². The van der Waals surface area contributed by atoms with Gasteiger partial charge in [-0.25, -0.2) is 0 Å². The molecule has 1 saturated heterocycles. The largest absolute Gasteiger partial charge is 0.373 e. The predicted octanol–water partition coefficient (Wildman–Crippen LogP) is 4.64. The summed E-state index contributed by atoms with van der Waals surface area (Å²) in [5, 5.41) is 0.757. The molecule has 1 atom stereocenters. The first kappa shape index (κ1) is 17.6. The molecule has 2 aromatic carbocycles. The molecule has 3 nitrogen and oxygen atoms in total. The average Bonchev–Trinajstić information content (AvgIpc) is 2.63. The lowest BCUT2D eigenvalue weighted by Gasteiger charge is -2.41. The molecule has 1 unspecified atom stereocenters. The van der Waals surface area contributed by atoms with Crippen molar-refractivity contribution in [2.24, 2.45) is 0 Å². The third-order valence-electron chi connectivity index (χ3n) is 4.59. The summed E-state index contributed by atoms with van der Waals surface area (Å²) in [6.45, 7) is 6.81. The SMILES string of the molecule is CC(=CN1CCN(c2ccc(Cl)cc2)C(C)C1)C(=O)c1ccccc1. The summed E-state index contributed by atoms with van der Waals surface area (Å²) in [5.41, 5.74) is 2.71. The van der Waals surface area contributed by atoms with Gasteiger partial charge in [-0.2, -0.15) is 0 Å². The maximum atomic E-state index is 12.5. The van der Waals surface area contributed by atoms with Crippen LogP contribution in [0.4, 0.5) is 5.69 Å². The first-order valence-electron chi connectivity index (χ1n) is 8.59. The van der Waals surface area contributed by atoms with Crippen LogP contribution in [0.5, 0.6) is 0 Å². The summed E-state index contributed by atoms with van der Waals surface area (Å²) in [4.78, 5) is 17.1. The predicted molar refractivity (Wildman–Crippen MR) is 104 cm³/mol. The van der Waals surface area contributed by atoms with Crippen molar-refractivity contribution < 1.29 is 4.79 Å². The summed E-state index contributed by atoms with van der Waals surface area (Å²) >= 11 is 5.98. The van der Waals surface area contributed by atoms with Crippen LogP contribution >= 0.6 is 11.6 Å². The number of allylic oxidation sites excluding steroid dienone is 1. The third kappa shape index (κ3) is 4.23. The summed E-state index contributed by atoms with van der Waals surface area (Å²) in [6.07, 6.45) is 2.00. The molecule has 3 rings (SSSR count). The third-order valence-corrected chi connectivity index (χ3v) is 4.84. The number of Topliss-reactive ketones (excluding diaryl/α,β-unsaturated/α-hetero) is 1. The zero-order chi connectivity index (χ0) is 17.8. The lowest BCUT2D eigenvalue weighted by molar-refractivity contribution is 0.103. The molecule has 0 aliphatic carbocycles. The average molecular weight is 355 g/mol. The quantitative estimate of drug-likeness (QED) is 0.590. The van der Waals surface area contributed by atoms with Gasteiger partial charge in [0, 0.05) is 53.7 Å². The number of rotatable bonds is 4. The lowest BCUT2D eigenvalue weighted by Crippen LogP contribution is -2.50. The number of anilines is 1. The van der Waals surface area contributed by atoms with Crippen molar-refractivity contribution in [2.75, 3.05) is 24.5 Å². The van der Waals surface area contributed by atoms with Crippen LogP contribution in [-0.2, 0) is 0 Å². The normalized spacial score (nSPS) is 18.4. The van der Waals surface area contributed by atoms with Crippen molar-refractivity contribution >= 4 is 23.1 Å². The Balaban J connectivity index is 1.66. The van der Waals surface area contributed by atoms with E-state index in [1.54, 1.807) is 0 Å². The van der Waals surface area contributed by atoms with E-state index in [1.807, 2.05) is 55.6 Å². The van der Waals surface area contributed by atoms with Crippen molar-refractivity contribution in [3.05, 3.63) is 77.0 Å². The molecule has 0 amide bonds. The molecule has 0 saturated carbocycles. The molecule has 0 bridgehead atoms. The monoisotopic (exact) mass is 354 g/mol. The summed E-state index contributed by atoms with van der Waals surface area (Å²) in [5.74, 6) is 0.0911. The Bertz CT molecular complexity index is 755. The van der Waals surface area contributed by atoms with Crippen LogP contribution in [0.2, 0.25) is 5.02 Å². The van der Waals surface area contributed by atoms with Crippen LogP contribution in [0.1, 0.15) is 24.2 Å². The van der Waals surface area contributed by atoms with E-state index >= 15 is 0 Å². The van der Waals surface area contributed by atoms with Crippen LogP contribution in [0.3, 0.4) is 0 Å². The van der Waals surface area contributed by atoms with Gasteiger partial charge in [-0.15, -0.1) is 0 Å². The Morgan fingerprint density at radius 3 is 2.40 bits per heavy atom. The van der Waals surface area contributed by atoms with Gasteiger partial charge in [0.25, 0.3) is 0 Å². The second-order valence-electron chi connectivity index (χ2n) is 6.52. The van der Waals surface area contributed by atoms with Crippen LogP contribution < -0.4 is 4.90 Å². The molecule has 0 N–H and O–H groups in total. The van der Waals surface area contributed by atoms with Crippen molar-refractivity contribution in [2.45, 2.75) is 19.9 Å². The second kappa shape index (κ2) is 7.75. The fourth-order valence-corrected chi connectivity index (χ4v) is 3.39. The first-order valence-corrected chi connectivity index (χ1v) is 8.97. The molecule has 0 radical (unpaired) electrons. The number of nitrogens with zero attached hydrogens (tertiary/aromatic N) is 2. The maximum absolute atomic E-state index is 12.5. The Labute approximate surface area is 154 Å². The molecule has 1 fully saturated rings. The van der Waals surface area contributed by atoms with Crippen LogP contribution in [-0.4, -0.2) is 36.4 Å². The Kier molecular flexibility index (Phi) is 5.44. The molecule has 0 aromatic heterocycles. The second-order valence-corrected chi connectivity index (χ2v) is 6.96. The zero-order valence-electron chi connectivity index (χ0n) is 14.7. The van der Waals surface area contributed by atoms with Gasteiger partial charge in [-0.3, -0.25) is 4.79 Å². The van der Waals surface area contributed by atoms with Gasteiger partial charge in [0.05, 0.1) is 0 Å². The Hall–Kier alpha value is -2.26. The fourth-order valence-electron chi connectivity index (χ4n) is 3.27. The van der Waals surface area contributed by atoms with Crippen LogP contribution in [0.25, 0.3) is 0 Å². The van der Waals surface area contributed by atoms with Crippen LogP contribution in [0, 0.1) is 0 Å². The smallest absolute Gasteiger partial charge is 0.190 e. The van der Waals surface area contributed by atoms with E-state index in [4.69, 9.17) is 11.6 Å². The van der Waals surface area contributed by atoms with Crippen LogP contribution in [0.15, 0.2) is 66.4 Å². The van der Waals surface area contributed by atoms with E-state index in [-0.39, 0.29) is 5.78 Å². The molecule has 2 aromatic rings. The number of piperazine rings is 1. The van der Waals surface area contributed by atoms with E-state index in [2.05, 4.69) is 28.9 Å². The highest BCUT2D eigenvalue weighted by molar-refractivity contribution is 6.30. The van der Waals surface area contributed by atoms with Crippen molar-refractivity contribution in [1.82, 2.24) is 4.90 Å². The standard InChI is InChI=1S/C21H23ClN2O/c1-16(21(25)18-6-4-3-5-7-18)14-23-12-13-24(17(2)15-23)20-10-8-19(22)9-11-20/h3-11,14,17H,12-13,15H2,1-2H3. The van der Waals surface area contributed by atoms with Gasteiger partial charge in [-0.05, 0) is 38.1 Å². The zero-order valence-corrected chi connectivity index (χ0v) is 15.4. The Morgan fingerprint density at radius 2 is 1.76 bits per heavy atom. The van der Waals surface area contributed by atoms with Gasteiger partial charge < -0.3 is 9.80 Å². The summed E-state index contributed by atoms with van der Waals surface area (Å²) < 4.78 is 0. The minimum Gasteiger partial charge on any atom is -0.373 e. The highest BCUT2D eigenvalue weighted by atomic mass is 35.5. The highest BCUT2D eigenvalue weighted by Gasteiger charge is 2.23. The van der Waals surface area contributed by atoms with Crippen molar-refractivity contribution in [3.8, 4) is 0 Å². The van der Waals surface area contributed by atoms with E-state index in [9.17, 15) is 4.79 Å². The van der Waals surface area contributed by atoms with E-state index in [0.717, 1.165) is 35.8 Å². The van der Waals surface area contributed by atoms with Crippen molar-refractivity contribution in [3.63, 3.8) is 0 Å². The number of carbonyl (C=O) groups is 1. The summed E-state index contributed by atoms with van der Waals surface area (Å²) in [6, 6.07) is 17.8. The molecule has 4 heteroatoms. The van der Waals surface area contributed by atoms with E-state index in [0.29, 0.717) is 6.04 Å². The fraction of sp³-hybridized carbons (Fsp3) is 0.286. The maximum Gasteiger partial charge on any atom is 0.190 e. The molecule has 130 valence electrons. The number of carbonyl (C=O) groups excluding carboxylic acids is 1. The molecular formula is C21H23ClN2O. The number of ketones is 1. The highest BCUT2D eigenvalue weighted by Crippen LogP contribution is 2.23. The molecule has 25 heavy (non-hydrogen) atoms. The lowest BCUT2D eigenvalue weighted by atomic mass is 10.1. The van der Waals surface area contributed by atoms with Gasteiger partial charge in [0.2, 0.25) is 0 Å². The van der Waals surface area contributed by atoms with E-state index < -0.39 is 0 Å².